The van der Waals surface area contributed by atoms with E-state index in [0.717, 1.165) is 31.9 Å². The molecule has 1 aromatic carbocycles. The maximum atomic E-state index is 12.8. The van der Waals surface area contributed by atoms with Gasteiger partial charge < -0.3 is 19.8 Å². The maximum absolute atomic E-state index is 12.8. The monoisotopic (exact) mass is 360 g/mol. The summed E-state index contributed by atoms with van der Waals surface area (Å²) in [6.45, 7) is 9.15. The Kier molecular flexibility index (Phi) is 5.66. The van der Waals surface area contributed by atoms with Crippen LogP contribution >= 0.6 is 0 Å². The molecular weight excluding hydrogens is 332 g/mol. The molecule has 0 aliphatic carbocycles. The van der Waals surface area contributed by atoms with Crippen LogP contribution in [0.25, 0.3) is 0 Å². The van der Waals surface area contributed by atoms with Crippen LogP contribution in [0.3, 0.4) is 0 Å². The number of nitrogens with zero attached hydrogens (tertiary/aromatic N) is 4. The number of benzene rings is 1. The Morgan fingerprint density at radius 1 is 0.923 bits per heavy atom. The zero-order chi connectivity index (χ0) is 18.7. The summed E-state index contributed by atoms with van der Waals surface area (Å²) < 4.78 is 0. The number of carbonyl (C=O) groups is 2. The molecule has 3 rings (SSSR count). The lowest BCUT2D eigenvalue weighted by atomic mass is 10.1. The third-order valence-corrected chi connectivity index (χ3v) is 5.48. The molecule has 2 amide bonds. The van der Waals surface area contributed by atoms with Crippen LogP contribution in [0.5, 0.6) is 5.75 Å². The van der Waals surface area contributed by atoms with Gasteiger partial charge in [-0.3, -0.25) is 14.5 Å². The Morgan fingerprint density at radius 2 is 1.50 bits per heavy atom. The number of hydrogen-bond donors (Lipinski definition) is 1. The average molecular weight is 360 g/mol. The van der Waals surface area contributed by atoms with Crippen LogP contribution in [0.2, 0.25) is 0 Å². The minimum absolute atomic E-state index is 0.0745. The van der Waals surface area contributed by atoms with Crippen molar-refractivity contribution in [3.8, 4) is 5.75 Å². The first-order chi connectivity index (χ1) is 12.5. The molecule has 7 heteroatoms. The second-order valence-corrected chi connectivity index (χ2v) is 7.02. The van der Waals surface area contributed by atoms with E-state index in [4.69, 9.17) is 0 Å². The lowest BCUT2D eigenvalue weighted by Gasteiger charge is -2.41. The molecule has 0 saturated carbocycles. The van der Waals surface area contributed by atoms with Crippen LogP contribution in [0.15, 0.2) is 24.3 Å². The Labute approximate surface area is 154 Å². The fourth-order valence-corrected chi connectivity index (χ4v) is 3.74. The van der Waals surface area contributed by atoms with Gasteiger partial charge in [0, 0.05) is 59.3 Å². The molecule has 142 valence electrons. The third-order valence-electron chi connectivity index (χ3n) is 5.48. The Hall–Kier alpha value is -2.28. The number of aromatic hydroxyl groups is 1. The first kappa shape index (κ1) is 18.5. The summed E-state index contributed by atoms with van der Waals surface area (Å²) in [5.41, 5.74) is 0.853. The van der Waals surface area contributed by atoms with Crippen molar-refractivity contribution in [3.63, 3.8) is 0 Å². The van der Waals surface area contributed by atoms with E-state index in [1.54, 1.807) is 17.9 Å². The van der Waals surface area contributed by atoms with E-state index in [9.17, 15) is 14.7 Å². The SMILES string of the molecule is CC(=O)N1CCN(C(=O)C(C)N2CCN(c3ccccc3O)CC2)CC1. The molecule has 1 unspecified atom stereocenters. The van der Waals surface area contributed by atoms with E-state index in [0.29, 0.717) is 31.9 Å². The smallest absolute Gasteiger partial charge is 0.239 e. The number of hydrogen-bond acceptors (Lipinski definition) is 5. The van der Waals surface area contributed by atoms with E-state index >= 15 is 0 Å². The van der Waals surface area contributed by atoms with Gasteiger partial charge in [-0.25, -0.2) is 0 Å². The van der Waals surface area contributed by atoms with Gasteiger partial charge in [-0.15, -0.1) is 0 Å². The number of piperazine rings is 2. The largest absolute Gasteiger partial charge is 0.506 e. The molecule has 1 atom stereocenters. The number of carbonyl (C=O) groups excluding carboxylic acids is 2. The second-order valence-electron chi connectivity index (χ2n) is 7.02. The highest BCUT2D eigenvalue weighted by Gasteiger charge is 2.31. The Morgan fingerprint density at radius 3 is 2.08 bits per heavy atom. The van der Waals surface area contributed by atoms with Crippen LogP contribution in [-0.2, 0) is 9.59 Å². The van der Waals surface area contributed by atoms with Crippen LogP contribution in [0.4, 0.5) is 5.69 Å². The Bertz CT molecular complexity index is 650. The van der Waals surface area contributed by atoms with Crippen molar-refractivity contribution in [1.82, 2.24) is 14.7 Å². The first-order valence-corrected chi connectivity index (χ1v) is 9.28. The molecule has 2 heterocycles. The highest BCUT2D eigenvalue weighted by Crippen LogP contribution is 2.27. The second kappa shape index (κ2) is 7.95. The lowest BCUT2D eigenvalue weighted by Crippen LogP contribution is -2.57. The van der Waals surface area contributed by atoms with E-state index < -0.39 is 0 Å². The molecule has 7 nitrogen and oxygen atoms in total. The molecule has 1 aromatic rings. The van der Waals surface area contributed by atoms with Gasteiger partial charge in [0.05, 0.1) is 11.7 Å². The highest BCUT2D eigenvalue weighted by atomic mass is 16.3. The van der Waals surface area contributed by atoms with Crippen LogP contribution in [0.1, 0.15) is 13.8 Å². The van der Waals surface area contributed by atoms with Gasteiger partial charge in [-0.1, -0.05) is 12.1 Å². The number of rotatable bonds is 3. The molecule has 1 N–H and O–H groups in total. The van der Waals surface area contributed by atoms with Gasteiger partial charge in [0.2, 0.25) is 11.8 Å². The highest BCUT2D eigenvalue weighted by molar-refractivity contribution is 5.82. The van der Waals surface area contributed by atoms with Gasteiger partial charge in [-0.2, -0.15) is 0 Å². The number of phenolic OH excluding ortho intramolecular Hbond substituents is 1. The molecule has 0 radical (unpaired) electrons. The summed E-state index contributed by atoms with van der Waals surface area (Å²) in [5.74, 6) is 0.517. The molecule has 0 spiro atoms. The summed E-state index contributed by atoms with van der Waals surface area (Å²) in [5, 5.41) is 10.0. The van der Waals surface area contributed by atoms with Crippen molar-refractivity contribution < 1.29 is 14.7 Å². The van der Waals surface area contributed by atoms with E-state index in [1.807, 2.05) is 30.0 Å². The fraction of sp³-hybridized carbons (Fsp3) is 0.579. The van der Waals surface area contributed by atoms with Gasteiger partial charge in [0.25, 0.3) is 0 Å². The van der Waals surface area contributed by atoms with Crippen LogP contribution < -0.4 is 4.90 Å². The lowest BCUT2D eigenvalue weighted by molar-refractivity contribution is -0.142. The summed E-state index contributed by atoms with van der Waals surface area (Å²) in [4.78, 5) is 32.3. The van der Waals surface area contributed by atoms with Crippen molar-refractivity contribution in [2.75, 3.05) is 57.3 Å². The Balaban J connectivity index is 1.52. The number of phenols is 1. The van der Waals surface area contributed by atoms with Gasteiger partial charge in [-0.05, 0) is 19.1 Å². The predicted molar refractivity (Wildman–Crippen MR) is 100 cm³/mol. The maximum Gasteiger partial charge on any atom is 0.239 e. The van der Waals surface area contributed by atoms with Crippen molar-refractivity contribution in [3.05, 3.63) is 24.3 Å². The van der Waals surface area contributed by atoms with Crippen molar-refractivity contribution in [2.45, 2.75) is 19.9 Å². The molecule has 2 aliphatic heterocycles. The molecular formula is C19H28N4O3. The predicted octanol–water partition coefficient (Wildman–Crippen LogP) is 0.593. The van der Waals surface area contributed by atoms with E-state index in [1.165, 1.54) is 0 Å². The zero-order valence-corrected chi connectivity index (χ0v) is 15.6. The third kappa shape index (κ3) is 3.93. The number of amides is 2. The molecule has 26 heavy (non-hydrogen) atoms. The summed E-state index contributed by atoms with van der Waals surface area (Å²) in [6.07, 6.45) is 0. The van der Waals surface area contributed by atoms with Crippen LogP contribution in [-0.4, -0.2) is 90.0 Å². The first-order valence-electron chi connectivity index (χ1n) is 9.28. The zero-order valence-electron chi connectivity index (χ0n) is 15.6. The molecule has 2 fully saturated rings. The number of anilines is 1. The number of para-hydroxylation sites is 2. The normalized spacial score (nSPS) is 20.2. The molecule has 2 aliphatic rings. The fourth-order valence-electron chi connectivity index (χ4n) is 3.74. The van der Waals surface area contributed by atoms with E-state index in [2.05, 4.69) is 9.80 Å². The minimum atomic E-state index is -0.162. The van der Waals surface area contributed by atoms with Crippen molar-refractivity contribution in [2.24, 2.45) is 0 Å². The minimum Gasteiger partial charge on any atom is -0.506 e. The topological polar surface area (TPSA) is 67.3 Å². The summed E-state index contributed by atoms with van der Waals surface area (Å²) in [7, 11) is 0. The van der Waals surface area contributed by atoms with E-state index in [-0.39, 0.29) is 17.9 Å². The average Bonchev–Trinajstić information content (AvgIpc) is 2.67. The van der Waals surface area contributed by atoms with Gasteiger partial charge in [0.1, 0.15) is 5.75 Å². The van der Waals surface area contributed by atoms with Gasteiger partial charge >= 0.3 is 0 Å². The van der Waals surface area contributed by atoms with Crippen LogP contribution in [0, 0.1) is 0 Å². The molecule has 0 aromatic heterocycles. The van der Waals surface area contributed by atoms with Crippen molar-refractivity contribution >= 4 is 17.5 Å². The molecule has 2 saturated heterocycles. The summed E-state index contributed by atoms with van der Waals surface area (Å²) in [6, 6.07) is 7.21. The summed E-state index contributed by atoms with van der Waals surface area (Å²) >= 11 is 0. The van der Waals surface area contributed by atoms with Crippen molar-refractivity contribution in [1.29, 1.82) is 0 Å². The van der Waals surface area contributed by atoms with Gasteiger partial charge in [0.15, 0.2) is 0 Å². The standard InChI is InChI=1S/C19H28N4O3/c1-15(19(26)23-13-9-21(10-14-23)16(2)24)20-7-11-22(12-8-20)17-5-3-4-6-18(17)25/h3-6,15,25H,7-14H2,1-2H3. The quantitative estimate of drug-likeness (QED) is 0.855. The molecule has 0 bridgehead atoms.